The molecule has 1 amide bonds. The molecule has 3 rings (SSSR count). The maximum atomic E-state index is 12.2. The van der Waals surface area contributed by atoms with E-state index in [4.69, 9.17) is 9.52 Å². The normalized spacial score (nSPS) is 16.1. The van der Waals surface area contributed by atoms with E-state index in [-0.39, 0.29) is 18.6 Å². The Bertz CT molecular complexity index is 643. The second-order valence-electron chi connectivity index (χ2n) is 5.96. The Hall–Kier alpha value is -1.81. The summed E-state index contributed by atoms with van der Waals surface area (Å²) in [4.78, 5) is 12.2. The fourth-order valence-electron chi connectivity index (χ4n) is 2.82. The summed E-state index contributed by atoms with van der Waals surface area (Å²) in [6, 6.07) is 6.12. The van der Waals surface area contributed by atoms with Crippen molar-refractivity contribution in [3.63, 3.8) is 0 Å². The second-order valence-corrected chi connectivity index (χ2v) is 5.96. The van der Waals surface area contributed by atoms with Gasteiger partial charge in [0.05, 0.1) is 12.7 Å². The predicted octanol–water partition coefficient (Wildman–Crippen LogP) is 2.56. The van der Waals surface area contributed by atoms with E-state index in [1.54, 1.807) is 6.26 Å². The van der Waals surface area contributed by atoms with Crippen molar-refractivity contribution in [1.82, 2.24) is 5.32 Å². The van der Waals surface area contributed by atoms with Crippen LogP contribution in [0.3, 0.4) is 0 Å². The van der Waals surface area contributed by atoms with Gasteiger partial charge >= 0.3 is 0 Å². The molecule has 1 aromatic carbocycles. The van der Waals surface area contributed by atoms with Gasteiger partial charge in [0, 0.05) is 23.6 Å². The Morgan fingerprint density at radius 2 is 2.29 bits per heavy atom. The smallest absolute Gasteiger partial charge is 0.224 e. The molecule has 0 bridgehead atoms. The molecule has 1 aliphatic rings. The lowest BCUT2D eigenvalue weighted by Crippen LogP contribution is -2.38. The van der Waals surface area contributed by atoms with Crippen LogP contribution in [0.5, 0.6) is 0 Å². The largest absolute Gasteiger partial charge is 0.464 e. The Labute approximate surface area is 124 Å². The molecule has 1 heterocycles. The fraction of sp³-hybridized carbons (Fsp3) is 0.471. The quantitative estimate of drug-likeness (QED) is 0.858. The Balaban J connectivity index is 1.68. The number of aliphatic hydroxyl groups is 1. The van der Waals surface area contributed by atoms with Crippen LogP contribution in [0.15, 0.2) is 28.9 Å². The van der Waals surface area contributed by atoms with Gasteiger partial charge in [0.25, 0.3) is 0 Å². The zero-order valence-corrected chi connectivity index (χ0v) is 12.3. The van der Waals surface area contributed by atoms with E-state index >= 15 is 0 Å². The second kappa shape index (κ2) is 5.90. The van der Waals surface area contributed by atoms with Crippen molar-refractivity contribution < 1.29 is 14.3 Å². The molecule has 0 radical (unpaired) electrons. The summed E-state index contributed by atoms with van der Waals surface area (Å²) < 4.78 is 5.52. The van der Waals surface area contributed by atoms with Crippen molar-refractivity contribution >= 4 is 16.9 Å². The third-order valence-corrected chi connectivity index (χ3v) is 4.14. The number of benzene rings is 1. The first-order chi connectivity index (χ1) is 10.2. The highest BCUT2D eigenvalue weighted by atomic mass is 16.3. The molecule has 0 spiro atoms. The number of nitrogens with one attached hydrogen (secondary N) is 1. The van der Waals surface area contributed by atoms with Crippen LogP contribution in [0.2, 0.25) is 0 Å². The number of amides is 1. The lowest BCUT2D eigenvalue weighted by Gasteiger charge is -2.16. The van der Waals surface area contributed by atoms with E-state index in [9.17, 15) is 4.79 Å². The van der Waals surface area contributed by atoms with Crippen LogP contribution in [-0.2, 0) is 11.2 Å². The topological polar surface area (TPSA) is 62.5 Å². The first-order valence-corrected chi connectivity index (χ1v) is 7.54. The molecule has 4 heteroatoms. The van der Waals surface area contributed by atoms with Crippen molar-refractivity contribution in [2.75, 3.05) is 6.61 Å². The van der Waals surface area contributed by atoms with Gasteiger partial charge in [0.1, 0.15) is 5.58 Å². The van der Waals surface area contributed by atoms with E-state index in [2.05, 4.69) is 5.32 Å². The van der Waals surface area contributed by atoms with Gasteiger partial charge in [0.2, 0.25) is 5.91 Å². The number of furan rings is 1. The molecule has 1 aromatic heterocycles. The first kappa shape index (κ1) is 14.1. The molecule has 1 unspecified atom stereocenters. The lowest BCUT2D eigenvalue weighted by molar-refractivity contribution is -0.121. The number of hydrogen-bond acceptors (Lipinski definition) is 3. The minimum absolute atomic E-state index is 0.00336. The van der Waals surface area contributed by atoms with Gasteiger partial charge in [-0.3, -0.25) is 4.79 Å². The molecular weight excluding hydrogens is 266 g/mol. The standard InChI is InChI=1S/C17H21NO3/c1-11-2-5-14-13(10-21-16(14)8-11)9-17(20)18-15(6-7-19)12-3-4-12/h2,5,8,10,12,15,19H,3-4,6-7,9H2,1H3,(H,18,20). The highest BCUT2D eigenvalue weighted by Gasteiger charge is 2.31. The molecule has 1 fully saturated rings. The third kappa shape index (κ3) is 3.27. The van der Waals surface area contributed by atoms with Crippen LogP contribution in [0.25, 0.3) is 11.0 Å². The first-order valence-electron chi connectivity index (χ1n) is 7.54. The van der Waals surface area contributed by atoms with Crippen LogP contribution in [0.4, 0.5) is 0 Å². The number of carbonyl (C=O) groups excluding carboxylic acids is 1. The monoisotopic (exact) mass is 287 g/mol. The van der Waals surface area contributed by atoms with Crippen LogP contribution < -0.4 is 5.32 Å². The number of fused-ring (bicyclic) bond motifs is 1. The average molecular weight is 287 g/mol. The van der Waals surface area contributed by atoms with Crippen molar-refractivity contribution in [2.45, 2.75) is 38.6 Å². The van der Waals surface area contributed by atoms with Gasteiger partial charge in [-0.25, -0.2) is 0 Å². The maximum absolute atomic E-state index is 12.2. The molecule has 2 aromatic rings. The lowest BCUT2D eigenvalue weighted by atomic mass is 10.1. The van der Waals surface area contributed by atoms with Gasteiger partial charge in [0.15, 0.2) is 0 Å². The van der Waals surface area contributed by atoms with Crippen LogP contribution in [0.1, 0.15) is 30.4 Å². The van der Waals surface area contributed by atoms with Gasteiger partial charge in [-0.2, -0.15) is 0 Å². The average Bonchev–Trinajstić information content (AvgIpc) is 3.22. The highest BCUT2D eigenvalue weighted by Crippen LogP contribution is 2.34. The van der Waals surface area contributed by atoms with Crippen molar-refractivity contribution in [1.29, 1.82) is 0 Å². The summed E-state index contributed by atoms with van der Waals surface area (Å²) in [6.45, 7) is 2.14. The third-order valence-electron chi connectivity index (χ3n) is 4.14. The molecule has 1 saturated carbocycles. The summed E-state index contributed by atoms with van der Waals surface area (Å²) in [6.07, 6.45) is 4.94. The molecule has 1 atom stereocenters. The van der Waals surface area contributed by atoms with Crippen LogP contribution in [-0.4, -0.2) is 23.7 Å². The molecule has 21 heavy (non-hydrogen) atoms. The molecule has 0 saturated heterocycles. The molecule has 112 valence electrons. The zero-order chi connectivity index (χ0) is 14.8. The number of aliphatic hydroxyl groups excluding tert-OH is 1. The van der Waals surface area contributed by atoms with Crippen LogP contribution in [0, 0.1) is 12.8 Å². The Morgan fingerprint density at radius 3 is 3.00 bits per heavy atom. The minimum atomic E-state index is 0.00336. The SMILES string of the molecule is Cc1ccc2c(CC(=O)NC(CCO)C3CC3)coc2c1. The summed E-state index contributed by atoms with van der Waals surface area (Å²) in [5.74, 6) is 0.550. The molecular formula is C17H21NO3. The van der Waals surface area contributed by atoms with E-state index in [1.807, 2.05) is 25.1 Å². The molecule has 4 nitrogen and oxygen atoms in total. The number of rotatable bonds is 6. The number of carbonyl (C=O) groups is 1. The zero-order valence-electron chi connectivity index (χ0n) is 12.3. The van der Waals surface area contributed by atoms with Gasteiger partial charge in [-0.05, 0) is 43.7 Å². The summed E-state index contributed by atoms with van der Waals surface area (Å²) in [5.41, 5.74) is 2.89. The van der Waals surface area contributed by atoms with Crippen molar-refractivity contribution in [2.24, 2.45) is 5.92 Å². The number of hydrogen-bond donors (Lipinski definition) is 2. The molecule has 2 N–H and O–H groups in total. The Kier molecular flexibility index (Phi) is 3.97. The van der Waals surface area contributed by atoms with Crippen LogP contribution >= 0.6 is 0 Å². The number of aryl methyl sites for hydroxylation is 1. The van der Waals surface area contributed by atoms with E-state index in [0.717, 1.165) is 34.9 Å². The highest BCUT2D eigenvalue weighted by molar-refractivity contribution is 5.88. The van der Waals surface area contributed by atoms with Crippen molar-refractivity contribution in [3.05, 3.63) is 35.6 Å². The van der Waals surface area contributed by atoms with Gasteiger partial charge in [-0.15, -0.1) is 0 Å². The summed E-state index contributed by atoms with van der Waals surface area (Å²) >= 11 is 0. The fourth-order valence-corrected chi connectivity index (χ4v) is 2.82. The van der Waals surface area contributed by atoms with E-state index in [1.165, 1.54) is 0 Å². The summed E-state index contributed by atoms with van der Waals surface area (Å²) in [7, 11) is 0. The van der Waals surface area contributed by atoms with E-state index < -0.39 is 0 Å². The Morgan fingerprint density at radius 1 is 1.48 bits per heavy atom. The van der Waals surface area contributed by atoms with Gasteiger partial charge in [-0.1, -0.05) is 12.1 Å². The summed E-state index contributed by atoms with van der Waals surface area (Å²) in [5, 5.41) is 13.1. The maximum Gasteiger partial charge on any atom is 0.224 e. The van der Waals surface area contributed by atoms with E-state index in [0.29, 0.717) is 18.8 Å². The van der Waals surface area contributed by atoms with Crippen molar-refractivity contribution in [3.8, 4) is 0 Å². The molecule has 0 aliphatic heterocycles. The predicted molar refractivity (Wildman–Crippen MR) is 81.0 cm³/mol. The molecule has 1 aliphatic carbocycles. The van der Waals surface area contributed by atoms with Gasteiger partial charge < -0.3 is 14.8 Å². The minimum Gasteiger partial charge on any atom is -0.464 e.